The molecule has 1 aromatic carbocycles. The number of hydrogen-bond donors (Lipinski definition) is 1. The van der Waals surface area contributed by atoms with Gasteiger partial charge in [0.2, 0.25) is 5.13 Å². The topological polar surface area (TPSA) is 47.0 Å². The number of nitrogens with one attached hydrogen (secondary N) is 1. The molecule has 0 spiro atoms. The van der Waals surface area contributed by atoms with Gasteiger partial charge >= 0.3 is 0 Å². The molecular formula is C17H20FN3OS. The molecule has 1 saturated carbocycles. The van der Waals surface area contributed by atoms with Gasteiger partial charge in [-0.2, -0.15) is 0 Å². The molecule has 0 bridgehead atoms. The highest BCUT2D eigenvalue weighted by molar-refractivity contribution is 7.15. The first kappa shape index (κ1) is 15.0. The highest BCUT2D eigenvalue weighted by Crippen LogP contribution is 2.39. The lowest BCUT2D eigenvalue weighted by atomic mass is 9.80. The Bertz CT molecular complexity index is 663. The number of anilines is 1. The van der Waals surface area contributed by atoms with Crippen molar-refractivity contribution in [3.63, 3.8) is 0 Å². The SMILES string of the molecule is Fc1ccc([C@@]2(CNc3nnc(C4CCC4)s3)CCOC2)cc1. The van der Waals surface area contributed by atoms with E-state index in [0.717, 1.165) is 35.3 Å². The van der Waals surface area contributed by atoms with Gasteiger partial charge in [-0.25, -0.2) is 4.39 Å². The minimum absolute atomic E-state index is 0.115. The summed E-state index contributed by atoms with van der Waals surface area (Å²) in [6.07, 6.45) is 4.71. The van der Waals surface area contributed by atoms with Crippen molar-refractivity contribution < 1.29 is 9.13 Å². The Balaban J connectivity index is 1.48. The van der Waals surface area contributed by atoms with Gasteiger partial charge in [-0.3, -0.25) is 0 Å². The van der Waals surface area contributed by atoms with Crippen molar-refractivity contribution in [2.45, 2.75) is 37.0 Å². The second-order valence-electron chi connectivity index (χ2n) is 6.52. The van der Waals surface area contributed by atoms with E-state index in [9.17, 15) is 4.39 Å². The molecule has 1 aromatic heterocycles. The smallest absolute Gasteiger partial charge is 0.205 e. The van der Waals surface area contributed by atoms with Gasteiger partial charge in [0.25, 0.3) is 0 Å². The van der Waals surface area contributed by atoms with Crippen molar-refractivity contribution >= 4 is 16.5 Å². The summed E-state index contributed by atoms with van der Waals surface area (Å²) in [5.41, 5.74) is 1.00. The van der Waals surface area contributed by atoms with E-state index in [2.05, 4.69) is 15.5 Å². The normalized spacial score (nSPS) is 24.6. The lowest BCUT2D eigenvalue weighted by Gasteiger charge is -2.28. The Morgan fingerprint density at radius 1 is 1.26 bits per heavy atom. The molecule has 2 aliphatic rings. The van der Waals surface area contributed by atoms with E-state index in [4.69, 9.17) is 4.74 Å². The minimum atomic E-state index is -0.204. The lowest BCUT2D eigenvalue weighted by molar-refractivity contribution is 0.179. The van der Waals surface area contributed by atoms with Crippen LogP contribution in [0.5, 0.6) is 0 Å². The van der Waals surface area contributed by atoms with E-state index < -0.39 is 0 Å². The summed E-state index contributed by atoms with van der Waals surface area (Å²) in [5, 5.41) is 14.1. The summed E-state index contributed by atoms with van der Waals surface area (Å²) >= 11 is 1.66. The minimum Gasteiger partial charge on any atom is -0.380 e. The third-order valence-corrected chi connectivity index (χ3v) is 6.08. The molecule has 1 aliphatic carbocycles. The fourth-order valence-corrected chi connectivity index (χ4v) is 4.16. The monoisotopic (exact) mass is 333 g/mol. The van der Waals surface area contributed by atoms with Crippen LogP contribution >= 0.6 is 11.3 Å². The molecule has 0 amide bonds. The molecule has 2 heterocycles. The number of nitrogens with zero attached hydrogens (tertiary/aromatic N) is 2. The van der Waals surface area contributed by atoms with E-state index in [1.165, 1.54) is 31.4 Å². The first-order valence-corrected chi connectivity index (χ1v) is 8.98. The van der Waals surface area contributed by atoms with Crippen LogP contribution in [0.4, 0.5) is 9.52 Å². The largest absolute Gasteiger partial charge is 0.380 e. The summed E-state index contributed by atoms with van der Waals surface area (Å²) in [5.74, 6) is 0.411. The molecule has 1 saturated heterocycles. The van der Waals surface area contributed by atoms with Crippen LogP contribution in [0, 0.1) is 5.82 Å². The molecule has 23 heavy (non-hydrogen) atoms. The molecule has 1 aliphatic heterocycles. The highest BCUT2D eigenvalue weighted by atomic mass is 32.1. The molecule has 1 atom stereocenters. The van der Waals surface area contributed by atoms with Gasteiger partial charge in [0, 0.05) is 24.5 Å². The average molecular weight is 333 g/mol. The molecule has 2 fully saturated rings. The van der Waals surface area contributed by atoms with Gasteiger partial charge in [-0.15, -0.1) is 10.2 Å². The fourth-order valence-electron chi connectivity index (χ4n) is 3.25. The third-order valence-electron chi connectivity index (χ3n) is 5.03. The van der Waals surface area contributed by atoms with Crippen molar-refractivity contribution in [3.05, 3.63) is 40.7 Å². The van der Waals surface area contributed by atoms with Gasteiger partial charge in [-0.05, 0) is 37.0 Å². The molecule has 122 valence electrons. The van der Waals surface area contributed by atoms with Crippen LogP contribution in [-0.4, -0.2) is 30.0 Å². The summed E-state index contributed by atoms with van der Waals surface area (Å²) < 4.78 is 18.8. The van der Waals surface area contributed by atoms with Gasteiger partial charge < -0.3 is 10.1 Å². The number of benzene rings is 1. The Labute approximate surface area is 139 Å². The maximum atomic E-state index is 13.2. The van der Waals surface area contributed by atoms with Gasteiger partial charge in [0.1, 0.15) is 10.8 Å². The van der Waals surface area contributed by atoms with Crippen molar-refractivity contribution in [3.8, 4) is 0 Å². The second kappa shape index (κ2) is 6.17. The van der Waals surface area contributed by atoms with Crippen LogP contribution in [0.15, 0.2) is 24.3 Å². The van der Waals surface area contributed by atoms with Gasteiger partial charge in [0.05, 0.1) is 6.61 Å². The number of hydrogen-bond acceptors (Lipinski definition) is 5. The predicted molar refractivity (Wildman–Crippen MR) is 88.5 cm³/mol. The Kier molecular flexibility index (Phi) is 4.03. The standard InChI is InChI=1S/C17H20FN3OS/c18-14-6-4-13(5-7-14)17(8-9-22-11-17)10-19-16-21-20-15(23-16)12-2-1-3-12/h4-7,12H,1-3,8-11H2,(H,19,21)/t17-/m1/s1. The first-order valence-electron chi connectivity index (χ1n) is 8.16. The number of aromatic nitrogens is 2. The molecular weight excluding hydrogens is 313 g/mol. The molecule has 0 radical (unpaired) electrons. The summed E-state index contributed by atoms with van der Waals surface area (Å²) in [7, 11) is 0. The van der Waals surface area contributed by atoms with E-state index in [0.29, 0.717) is 12.5 Å². The van der Waals surface area contributed by atoms with Crippen molar-refractivity contribution in [1.82, 2.24) is 10.2 Å². The molecule has 0 unspecified atom stereocenters. The lowest BCUT2D eigenvalue weighted by Crippen LogP contribution is -2.35. The zero-order valence-corrected chi connectivity index (χ0v) is 13.7. The van der Waals surface area contributed by atoms with Crippen LogP contribution in [-0.2, 0) is 10.2 Å². The van der Waals surface area contributed by atoms with Crippen molar-refractivity contribution in [1.29, 1.82) is 0 Å². The zero-order chi connectivity index (χ0) is 15.7. The van der Waals surface area contributed by atoms with Gasteiger partial charge in [0.15, 0.2) is 0 Å². The quantitative estimate of drug-likeness (QED) is 0.906. The van der Waals surface area contributed by atoms with Crippen LogP contribution in [0.1, 0.15) is 42.2 Å². The van der Waals surface area contributed by atoms with Crippen LogP contribution in [0.25, 0.3) is 0 Å². The van der Waals surface area contributed by atoms with E-state index in [1.54, 1.807) is 11.3 Å². The average Bonchev–Trinajstić information content (AvgIpc) is 3.14. The number of rotatable bonds is 5. The molecule has 2 aromatic rings. The maximum Gasteiger partial charge on any atom is 0.205 e. The molecule has 4 nitrogen and oxygen atoms in total. The number of halogens is 1. The predicted octanol–water partition coefficient (Wildman–Crippen LogP) is 3.71. The fraction of sp³-hybridized carbons (Fsp3) is 0.529. The summed E-state index contributed by atoms with van der Waals surface area (Å²) in [6.45, 7) is 2.13. The molecule has 6 heteroatoms. The summed E-state index contributed by atoms with van der Waals surface area (Å²) in [4.78, 5) is 0. The van der Waals surface area contributed by atoms with Crippen LogP contribution in [0.3, 0.4) is 0 Å². The van der Waals surface area contributed by atoms with Crippen molar-refractivity contribution in [2.24, 2.45) is 0 Å². The third kappa shape index (κ3) is 2.97. The van der Waals surface area contributed by atoms with Gasteiger partial charge in [-0.1, -0.05) is 29.9 Å². The van der Waals surface area contributed by atoms with E-state index >= 15 is 0 Å². The Morgan fingerprint density at radius 3 is 2.74 bits per heavy atom. The van der Waals surface area contributed by atoms with Crippen LogP contribution < -0.4 is 5.32 Å². The first-order chi connectivity index (χ1) is 11.3. The number of ether oxygens (including phenoxy) is 1. The maximum absolute atomic E-state index is 13.2. The Hall–Kier alpha value is -1.53. The van der Waals surface area contributed by atoms with E-state index in [-0.39, 0.29) is 11.2 Å². The van der Waals surface area contributed by atoms with E-state index in [1.807, 2.05) is 12.1 Å². The zero-order valence-electron chi connectivity index (χ0n) is 12.9. The highest BCUT2D eigenvalue weighted by Gasteiger charge is 2.37. The Morgan fingerprint density at radius 2 is 2.09 bits per heavy atom. The second-order valence-corrected chi connectivity index (χ2v) is 7.53. The molecule has 4 rings (SSSR count). The summed E-state index contributed by atoms with van der Waals surface area (Å²) in [6, 6.07) is 6.78. The van der Waals surface area contributed by atoms with Crippen LogP contribution in [0.2, 0.25) is 0 Å². The molecule has 1 N–H and O–H groups in total. The van der Waals surface area contributed by atoms with Crippen molar-refractivity contribution in [2.75, 3.05) is 25.1 Å².